The zero-order chi connectivity index (χ0) is 18.6. The van der Waals surface area contributed by atoms with E-state index in [1.807, 2.05) is 57.7 Å². The lowest BCUT2D eigenvalue weighted by Crippen LogP contribution is -2.38. The summed E-state index contributed by atoms with van der Waals surface area (Å²) >= 11 is 1.42. The number of carbonyl (C=O) groups excluding carboxylic acids is 1. The van der Waals surface area contributed by atoms with Crippen LogP contribution in [0, 0.1) is 19.3 Å². The van der Waals surface area contributed by atoms with E-state index in [0.29, 0.717) is 5.17 Å². The number of anilines is 1. The highest BCUT2D eigenvalue weighted by Gasteiger charge is 2.49. The quantitative estimate of drug-likeness (QED) is 0.749. The van der Waals surface area contributed by atoms with Gasteiger partial charge in [0.05, 0.1) is 17.5 Å². The van der Waals surface area contributed by atoms with Gasteiger partial charge in [-0.15, -0.1) is 0 Å². The van der Waals surface area contributed by atoms with Gasteiger partial charge in [-0.1, -0.05) is 38.6 Å². The molecule has 2 aliphatic heterocycles. The van der Waals surface area contributed by atoms with Gasteiger partial charge in [0.25, 0.3) is 5.91 Å². The zero-order valence-corrected chi connectivity index (χ0v) is 16.9. The van der Waals surface area contributed by atoms with Crippen LogP contribution < -0.4 is 4.90 Å². The molecular weight excluding hydrogens is 356 g/mol. The van der Waals surface area contributed by atoms with E-state index in [0.717, 1.165) is 11.3 Å². The van der Waals surface area contributed by atoms with Crippen molar-refractivity contribution >= 4 is 38.4 Å². The molecule has 1 amide bonds. The largest absolute Gasteiger partial charge is 0.316 e. The first-order valence-corrected chi connectivity index (χ1v) is 11.0. The van der Waals surface area contributed by atoms with E-state index < -0.39 is 15.3 Å². The van der Waals surface area contributed by atoms with Gasteiger partial charge >= 0.3 is 0 Å². The third-order valence-electron chi connectivity index (χ3n) is 4.67. The summed E-state index contributed by atoms with van der Waals surface area (Å²) in [7, 11) is -3.05. The minimum absolute atomic E-state index is 0.0712. The van der Waals surface area contributed by atoms with Crippen LogP contribution >= 0.6 is 11.8 Å². The topological polar surface area (TPSA) is 66.8 Å². The number of aliphatic imine (C=N–C) groups is 1. The molecule has 2 fully saturated rings. The predicted molar refractivity (Wildman–Crippen MR) is 104 cm³/mol. The van der Waals surface area contributed by atoms with E-state index in [1.165, 1.54) is 17.3 Å². The van der Waals surface area contributed by atoms with Crippen LogP contribution in [-0.2, 0) is 14.6 Å². The summed E-state index contributed by atoms with van der Waals surface area (Å²) in [4.78, 5) is 18.7. The summed E-state index contributed by atoms with van der Waals surface area (Å²) in [6.45, 7) is 9.58. The second kappa shape index (κ2) is 6.13. The molecule has 0 N–H and O–H groups in total. The third-order valence-corrected chi connectivity index (χ3v) is 7.88. The minimum Gasteiger partial charge on any atom is -0.316 e. The van der Waals surface area contributed by atoms with Gasteiger partial charge in [-0.25, -0.2) is 8.42 Å². The Balaban J connectivity index is 2.05. The van der Waals surface area contributed by atoms with Crippen LogP contribution in [0.3, 0.4) is 0 Å². The van der Waals surface area contributed by atoms with E-state index in [2.05, 4.69) is 4.99 Å². The Morgan fingerprint density at radius 3 is 2.48 bits per heavy atom. The van der Waals surface area contributed by atoms with Crippen LogP contribution in [0.25, 0.3) is 0 Å². The van der Waals surface area contributed by atoms with Crippen LogP contribution in [0.15, 0.2) is 23.2 Å². The van der Waals surface area contributed by atoms with Gasteiger partial charge in [0.1, 0.15) is 0 Å². The Morgan fingerprint density at radius 1 is 1.20 bits per heavy atom. The predicted octanol–water partition coefficient (Wildman–Crippen LogP) is 2.95. The zero-order valence-electron chi connectivity index (χ0n) is 15.2. The molecule has 2 saturated heterocycles. The molecule has 25 heavy (non-hydrogen) atoms. The van der Waals surface area contributed by atoms with Gasteiger partial charge in [0.2, 0.25) is 0 Å². The highest BCUT2D eigenvalue weighted by atomic mass is 32.2. The van der Waals surface area contributed by atoms with E-state index >= 15 is 0 Å². The maximum absolute atomic E-state index is 12.4. The number of amidine groups is 1. The molecule has 3 rings (SSSR count). The van der Waals surface area contributed by atoms with Crippen molar-refractivity contribution in [2.75, 3.05) is 16.4 Å². The maximum Gasteiger partial charge on any atom is 0.253 e. The van der Waals surface area contributed by atoms with Gasteiger partial charge in [0.15, 0.2) is 15.0 Å². The molecule has 5 nitrogen and oxygen atoms in total. The lowest BCUT2D eigenvalue weighted by molar-refractivity contribution is -0.124. The van der Waals surface area contributed by atoms with E-state index in [4.69, 9.17) is 0 Å². The summed E-state index contributed by atoms with van der Waals surface area (Å²) < 4.78 is 24.2. The Kier molecular flexibility index (Phi) is 4.52. The third kappa shape index (κ3) is 3.62. The number of nitrogens with zero attached hydrogens (tertiary/aromatic N) is 2. The molecule has 1 aromatic rings. The average Bonchev–Trinajstić information content (AvgIpc) is 2.92. The van der Waals surface area contributed by atoms with E-state index in [9.17, 15) is 13.2 Å². The highest BCUT2D eigenvalue weighted by molar-refractivity contribution is 8.16. The Hall–Kier alpha value is -1.34. The van der Waals surface area contributed by atoms with Gasteiger partial charge < -0.3 is 4.90 Å². The van der Waals surface area contributed by atoms with Crippen molar-refractivity contribution in [3.8, 4) is 0 Å². The van der Waals surface area contributed by atoms with Crippen LogP contribution in [0.5, 0.6) is 0 Å². The molecule has 0 spiro atoms. The van der Waals surface area contributed by atoms with Crippen molar-refractivity contribution in [2.45, 2.75) is 45.9 Å². The molecule has 0 aliphatic carbocycles. The summed E-state index contributed by atoms with van der Waals surface area (Å²) in [5.41, 5.74) is 2.65. The van der Waals surface area contributed by atoms with Crippen molar-refractivity contribution < 1.29 is 13.2 Å². The molecule has 0 bridgehead atoms. The molecule has 0 aromatic heterocycles. The Labute approximate surface area is 153 Å². The number of carbonyl (C=O) groups is 1. The number of amides is 1. The fourth-order valence-corrected chi connectivity index (χ4v) is 6.91. The molecule has 7 heteroatoms. The van der Waals surface area contributed by atoms with Crippen LogP contribution in [0.4, 0.5) is 5.69 Å². The van der Waals surface area contributed by atoms with Gasteiger partial charge in [-0.05, 0) is 37.1 Å². The number of fused-ring (bicyclic) bond motifs is 1. The number of hydrogen-bond acceptors (Lipinski definition) is 4. The summed E-state index contributed by atoms with van der Waals surface area (Å²) in [6, 6.07) is 5.88. The molecule has 136 valence electrons. The second-order valence-electron chi connectivity index (χ2n) is 7.89. The van der Waals surface area contributed by atoms with Crippen molar-refractivity contribution in [1.29, 1.82) is 0 Å². The van der Waals surface area contributed by atoms with Gasteiger partial charge in [0, 0.05) is 16.4 Å². The molecule has 0 saturated carbocycles. The Bertz CT molecular complexity index is 854. The fraction of sp³-hybridized carbons (Fsp3) is 0.556. The fourth-order valence-electron chi connectivity index (χ4n) is 3.00. The molecule has 2 heterocycles. The number of thioether (sulfide) groups is 1. The molecule has 2 atom stereocenters. The van der Waals surface area contributed by atoms with Crippen molar-refractivity contribution in [1.82, 2.24) is 0 Å². The van der Waals surface area contributed by atoms with Crippen LogP contribution in [0.1, 0.15) is 31.9 Å². The van der Waals surface area contributed by atoms with Crippen molar-refractivity contribution in [2.24, 2.45) is 10.4 Å². The van der Waals surface area contributed by atoms with Crippen molar-refractivity contribution in [3.63, 3.8) is 0 Å². The molecule has 1 aromatic carbocycles. The summed E-state index contributed by atoms with van der Waals surface area (Å²) in [5.74, 6) is 0.0684. The number of hydrogen-bond donors (Lipinski definition) is 0. The lowest BCUT2D eigenvalue weighted by Gasteiger charge is -2.25. The first kappa shape index (κ1) is 18.5. The standard InChI is InChI=1S/C18H24N2O3S2/c1-11-6-7-13(8-12(11)2)20-14-9-25(22,23)10-15(14)24-17(20)19-16(21)18(3,4)5/h6-8,14-15H,9-10H2,1-5H3. The van der Waals surface area contributed by atoms with Gasteiger partial charge in [-0.2, -0.15) is 4.99 Å². The molecule has 2 unspecified atom stereocenters. The highest BCUT2D eigenvalue weighted by Crippen LogP contribution is 2.41. The number of benzene rings is 1. The first-order chi connectivity index (χ1) is 11.5. The monoisotopic (exact) mass is 380 g/mol. The molecular formula is C18H24N2O3S2. The average molecular weight is 381 g/mol. The number of sulfone groups is 1. The number of rotatable bonds is 1. The minimum atomic E-state index is -3.05. The second-order valence-corrected chi connectivity index (χ2v) is 11.2. The van der Waals surface area contributed by atoms with E-state index in [-0.39, 0.29) is 28.7 Å². The van der Waals surface area contributed by atoms with Gasteiger partial charge in [-0.3, -0.25) is 4.79 Å². The van der Waals surface area contributed by atoms with Crippen LogP contribution in [0.2, 0.25) is 0 Å². The summed E-state index contributed by atoms with van der Waals surface area (Å²) in [5, 5.41) is 0.547. The maximum atomic E-state index is 12.4. The lowest BCUT2D eigenvalue weighted by atomic mass is 9.96. The normalized spacial score (nSPS) is 26.9. The first-order valence-electron chi connectivity index (χ1n) is 8.35. The van der Waals surface area contributed by atoms with E-state index in [1.54, 1.807) is 0 Å². The smallest absolute Gasteiger partial charge is 0.253 e. The SMILES string of the molecule is Cc1ccc(N2C(=NC(=O)C(C)(C)C)SC3CS(=O)(=O)CC32)cc1C. The molecule has 2 aliphatic rings. The van der Waals surface area contributed by atoms with Crippen LogP contribution in [-0.4, -0.2) is 42.3 Å². The van der Waals surface area contributed by atoms with Crippen molar-refractivity contribution in [3.05, 3.63) is 29.3 Å². The summed E-state index contributed by atoms with van der Waals surface area (Å²) in [6.07, 6.45) is 0. The Morgan fingerprint density at radius 2 is 1.88 bits per heavy atom. The number of aryl methyl sites for hydroxylation is 2. The molecule has 0 radical (unpaired) electrons.